The summed E-state index contributed by atoms with van der Waals surface area (Å²) in [4.78, 5) is 8.14. The number of hydrogen-bond donors (Lipinski definition) is 0. The summed E-state index contributed by atoms with van der Waals surface area (Å²) in [7, 11) is 0. The van der Waals surface area contributed by atoms with Gasteiger partial charge in [-0.3, -0.25) is 4.40 Å². The minimum Gasteiger partial charge on any atom is -0.283 e. The first kappa shape index (κ1) is 23.4. The zero-order valence-corrected chi connectivity index (χ0v) is 17.8. The summed E-state index contributed by atoms with van der Waals surface area (Å²) in [5, 5.41) is 0.432. The summed E-state index contributed by atoms with van der Waals surface area (Å²) in [5.41, 5.74) is 0.959. The van der Waals surface area contributed by atoms with Crippen LogP contribution in [0.4, 0.5) is 22.0 Å². The van der Waals surface area contributed by atoms with Crippen LogP contribution in [-0.4, -0.2) is 20.5 Å². The van der Waals surface area contributed by atoms with E-state index in [9.17, 15) is 22.0 Å². The van der Waals surface area contributed by atoms with E-state index in [-0.39, 0.29) is 11.2 Å². The summed E-state index contributed by atoms with van der Waals surface area (Å²) < 4.78 is 69.2. The van der Waals surface area contributed by atoms with Gasteiger partial charge in [0.2, 0.25) is 0 Å². The van der Waals surface area contributed by atoms with Gasteiger partial charge in [0, 0.05) is 11.6 Å². The first-order valence-electron chi connectivity index (χ1n) is 10.1. The Morgan fingerprint density at radius 3 is 2.22 bits per heavy atom. The van der Waals surface area contributed by atoms with Crippen molar-refractivity contribution in [2.24, 2.45) is 0 Å². The molecule has 0 saturated heterocycles. The van der Waals surface area contributed by atoms with E-state index in [1.54, 1.807) is 48.7 Å². The highest BCUT2D eigenvalue weighted by molar-refractivity contribution is 5.94. The molecular weight excluding hydrogens is 425 g/mol. The molecule has 0 aliphatic rings. The number of nitrogens with zero attached hydrogens (tertiary/aromatic N) is 3. The molecule has 0 aliphatic carbocycles. The number of alkyl halides is 5. The van der Waals surface area contributed by atoms with Crippen molar-refractivity contribution >= 4 is 22.3 Å². The topological polar surface area (TPSA) is 30.2 Å². The minimum atomic E-state index is -5.77. The van der Waals surface area contributed by atoms with Crippen LogP contribution in [0.25, 0.3) is 33.4 Å². The van der Waals surface area contributed by atoms with E-state index in [1.165, 1.54) is 4.40 Å². The van der Waals surface area contributed by atoms with Gasteiger partial charge in [0.05, 0.1) is 5.69 Å². The highest BCUT2D eigenvalue weighted by atomic mass is 19.4. The van der Waals surface area contributed by atoms with Gasteiger partial charge in [0.15, 0.2) is 0 Å². The average Bonchev–Trinajstić information content (AvgIpc) is 3.24. The molecule has 0 unspecified atom stereocenters. The monoisotopic (exact) mass is 447 g/mol. The number of benzene rings is 1. The number of allylic oxidation sites excluding steroid dienone is 1. The normalized spacial score (nSPS) is 12.0. The molecule has 0 amide bonds. The molecule has 3 heterocycles. The van der Waals surface area contributed by atoms with Crippen molar-refractivity contribution < 1.29 is 22.0 Å². The number of rotatable bonds is 4. The van der Waals surface area contributed by atoms with Crippen molar-refractivity contribution in [1.82, 2.24) is 14.4 Å². The Hall–Kier alpha value is -3.29. The molecule has 0 bridgehead atoms. The van der Waals surface area contributed by atoms with Crippen molar-refractivity contribution in [1.29, 1.82) is 0 Å². The smallest absolute Gasteiger partial charge is 0.283 e. The maximum absolute atomic E-state index is 14.2. The summed E-state index contributed by atoms with van der Waals surface area (Å²) in [6.07, 6.45) is -3.60. The number of aromatic nitrogens is 3. The number of halogens is 5. The quantitative estimate of drug-likeness (QED) is 0.301. The largest absolute Gasteiger partial charge is 0.459 e. The van der Waals surface area contributed by atoms with Crippen LogP contribution in [0, 0.1) is 0 Å². The van der Waals surface area contributed by atoms with Gasteiger partial charge in [-0.15, -0.1) is 0 Å². The van der Waals surface area contributed by atoms with Crippen LogP contribution in [0.1, 0.15) is 38.6 Å². The van der Waals surface area contributed by atoms with Crippen molar-refractivity contribution in [3.8, 4) is 11.1 Å². The minimum absolute atomic E-state index is 0.0320. The Bertz CT molecular complexity index is 1260. The molecule has 0 aliphatic heterocycles. The lowest BCUT2D eigenvalue weighted by molar-refractivity contribution is -0.290. The van der Waals surface area contributed by atoms with Gasteiger partial charge >= 0.3 is 12.1 Å². The van der Waals surface area contributed by atoms with Crippen molar-refractivity contribution in [3.63, 3.8) is 0 Å². The first-order chi connectivity index (χ1) is 15.1. The molecular formula is C24H22F5N3. The number of hydrogen-bond acceptors (Lipinski definition) is 2. The Labute approximate surface area is 182 Å². The van der Waals surface area contributed by atoms with Crippen molar-refractivity contribution in [2.45, 2.75) is 39.3 Å². The molecule has 0 saturated carbocycles. The Balaban J connectivity index is 0.00000141. The molecule has 3 nitrogen and oxygen atoms in total. The second-order valence-electron chi connectivity index (χ2n) is 6.88. The molecule has 168 valence electrons. The Morgan fingerprint density at radius 1 is 0.969 bits per heavy atom. The number of pyridine rings is 2. The summed E-state index contributed by atoms with van der Waals surface area (Å²) in [6.45, 7) is 9.80. The standard InChI is InChI=1S/C22H16F5N3.C2H6/c1-3-13(2)17-12-30-19(28-17)10-9-15-16(14-7-5-4-6-8-14)11-18(29-20(15)30)21(23,24)22(25,26)27;1-2/h4-12H,2-3H2,1H3;1-2H3. The summed E-state index contributed by atoms with van der Waals surface area (Å²) in [5.74, 6) is -5.11. The summed E-state index contributed by atoms with van der Waals surface area (Å²) >= 11 is 0. The SMILES string of the molecule is C=C(CC)c1cn2c(ccc3c(-c4ccccc4)cc(C(F)(F)C(F)(F)F)nc32)n1.CC. The highest BCUT2D eigenvalue weighted by Gasteiger charge is 2.60. The third-order valence-electron chi connectivity index (χ3n) is 4.95. The maximum atomic E-state index is 14.2. The van der Waals surface area contributed by atoms with Gasteiger partial charge in [-0.05, 0) is 41.3 Å². The van der Waals surface area contributed by atoms with Gasteiger partial charge in [-0.2, -0.15) is 22.0 Å². The lowest BCUT2D eigenvalue weighted by Crippen LogP contribution is -2.34. The van der Waals surface area contributed by atoms with Crippen molar-refractivity contribution in [2.75, 3.05) is 0 Å². The maximum Gasteiger partial charge on any atom is 0.459 e. The fourth-order valence-electron chi connectivity index (χ4n) is 3.24. The predicted molar refractivity (Wildman–Crippen MR) is 117 cm³/mol. The molecule has 0 fully saturated rings. The van der Waals surface area contributed by atoms with E-state index >= 15 is 0 Å². The van der Waals surface area contributed by atoms with E-state index in [1.807, 2.05) is 20.8 Å². The molecule has 0 N–H and O–H groups in total. The van der Waals surface area contributed by atoms with E-state index in [0.717, 1.165) is 6.07 Å². The lowest BCUT2D eigenvalue weighted by atomic mass is 10.00. The van der Waals surface area contributed by atoms with Crippen LogP contribution in [0.3, 0.4) is 0 Å². The number of imidazole rings is 1. The van der Waals surface area contributed by atoms with Gasteiger partial charge in [0.1, 0.15) is 17.0 Å². The van der Waals surface area contributed by atoms with E-state index in [0.29, 0.717) is 34.3 Å². The van der Waals surface area contributed by atoms with Gasteiger partial charge in [-0.25, -0.2) is 9.97 Å². The van der Waals surface area contributed by atoms with Crippen LogP contribution < -0.4 is 0 Å². The fourth-order valence-corrected chi connectivity index (χ4v) is 3.24. The molecule has 8 heteroatoms. The zero-order chi connectivity index (χ0) is 23.7. The average molecular weight is 447 g/mol. The second-order valence-corrected chi connectivity index (χ2v) is 6.88. The highest BCUT2D eigenvalue weighted by Crippen LogP contribution is 2.45. The molecule has 1 aromatic carbocycles. The molecule has 4 aromatic rings. The van der Waals surface area contributed by atoms with Crippen LogP contribution in [0.5, 0.6) is 0 Å². The van der Waals surface area contributed by atoms with Crippen LogP contribution in [0.15, 0.2) is 61.3 Å². The molecule has 32 heavy (non-hydrogen) atoms. The molecule has 0 radical (unpaired) electrons. The van der Waals surface area contributed by atoms with Gasteiger partial charge < -0.3 is 0 Å². The van der Waals surface area contributed by atoms with E-state index in [2.05, 4.69) is 16.5 Å². The molecule has 0 atom stereocenters. The fraction of sp³-hybridized carbons (Fsp3) is 0.250. The predicted octanol–water partition coefficient (Wildman–Crippen LogP) is 7.65. The van der Waals surface area contributed by atoms with E-state index in [4.69, 9.17) is 0 Å². The molecule has 3 aromatic heterocycles. The molecule has 0 spiro atoms. The van der Waals surface area contributed by atoms with E-state index < -0.39 is 17.8 Å². The van der Waals surface area contributed by atoms with Gasteiger partial charge in [0.25, 0.3) is 0 Å². The van der Waals surface area contributed by atoms with Crippen LogP contribution in [0.2, 0.25) is 0 Å². The number of fused-ring (bicyclic) bond motifs is 3. The van der Waals surface area contributed by atoms with Crippen LogP contribution >= 0.6 is 0 Å². The third-order valence-corrected chi connectivity index (χ3v) is 4.95. The summed E-state index contributed by atoms with van der Waals surface area (Å²) in [6, 6.07) is 12.5. The van der Waals surface area contributed by atoms with Crippen LogP contribution in [-0.2, 0) is 5.92 Å². The second kappa shape index (κ2) is 8.68. The lowest BCUT2D eigenvalue weighted by Gasteiger charge is -2.20. The Kier molecular flexibility index (Phi) is 6.34. The third kappa shape index (κ3) is 3.97. The van der Waals surface area contributed by atoms with Gasteiger partial charge in [-0.1, -0.05) is 57.7 Å². The first-order valence-corrected chi connectivity index (χ1v) is 10.1. The zero-order valence-electron chi connectivity index (χ0n) is 17.8. The molecule has 4 rings (SSSR count). The van der Waals surface area contributed by atoms with Crippen molar-refractivity contribution in [3.05, 3.63) is 72.7 Å². The Morgan fingerprint density at radius 2 is 1.62 bits per heavy atom.